The molecule has 1 saturated heterocycles. The summed E-state index contributed by atoms with van der Waals surface area (Å²) in [5, 5.41) is 14.4. The zero-order valence-electron chi connectivity index (χ0n) is 20.5. The molecule has 0 atom stereocenters. The van der Waals surface area contributed by atoms with Crippen LogP contribution in [0, 0.1) is 19.8 Å². The molecular formula is C29H30F3N3O. The van der Waals surface area contributed by atoms with Gasteiger partial charge < -0.3 is 10.0 Å². The Morgan fingerprint density at radius 3 is 2.33 bits per heavy atom. The standard InChI is InChI=1S/C29H30F3N3O/c1-19-6-7-23(20(2)16-19)17-35-28(25-4-3-5-26(27(25)33-35)29(30,31)32)22-8-10-24(11-9-22)34-14-12-21(18-36)13-15-34/h3-11,16,21,36H,12-15,17-18H2,1-2H3. The highest BCUT2D eigenvalue weighted by atomic mass is 19.4. The normalized spacial score (nSPS) is 15.1. The maximum Gasteiger partial charge on any atom is 0.418 e. The Bertz CT molecular complexity index is 1370. The summed E-state index contributed by atoms with van der Waals surface area (Å²) in [5.41, 5.74) is 5.09. The van der Waals surface area contributed by atoms with Gasteiger partial charge in [-0.25, -0.2) is 0 Å². The predicted molar refractivity (Wildman–Crippen MR) is 137 cm³/mol. The van der Waals surface area contributed by atoms with Gasteiger partial charge in [0.15, 0.2) is 0 Å². The number of aliphatic hydroxyl groups is 1. The van der Waals surface area contributed by atoms with Crippen LogP contribution >= 0.6 is 0 Å². The number of piperidine rings is 1. The van der Waals surface area contributed by atoms with Crippen LogP contribution in [-0.2, 0) is 12.7 Å². The number of aryl methyl sites for hydroxylation is 2. The molecule has 5 rings (SSSR count). The highest BCUT2D eigenvalue weighted by molar-refractivity contribution is 5.95. The van der Waals surface area contributed by atoms with Gasteiger partial charge in [0.1, 0.15) is 5.52 Å². The molecule has 36 heavy (non-hydrogen) atoms. The number of aromatic nitrogens is 2. The van der Waals surface area contributed by atoms with E-state index < -0.39 is 11.7 Å². The SMILES string of the molecule is Cc1ccc(Cn2nc3c(C(F)(F)F)cccc3c2-c2ccc(N3CCC(CO)CC3)cc2)c(C)c1. The minimum Gasteiger partial charge on any atom is -0.396 e. The monoisotopic (exact) mass is 493 g/mol. The van der Waals surface area contributed by atoms with E-state index in [1.165, 1.54) is 6.07 Å². The molecule has 0 spiro atoms. The minimum absolute atomic E-state index is 0.0279. The van der Waals surface area contributed by atoms with E-state index in [-0.39, 0.29) is 12.1 Å². The number of halogens is 3. The fraction of sp³-hybridized carbons (Fsp3) is 0.345. The van der Waals surface area contributed by atoms with Gasteiger partial charge in [0, 0.05) is 36.3 Å². The molecule has 1 aliphatic heterocycles. The van der Waals surface area contributed by atoms with Crippen LogP contribution in [0.2, 0.25) is 0 Å². The first-order chi connectivity index (χ1) is 17.2. The van der Waals surface area contributed by atoms with Gasteiger partial charge in [0.25, 0.3) is 0 Å². The molecule has 4 aromatic rings. The fourth-order valence-corrected chi connectivity index (χ4v) is 5.19. The van der Waals surface area contributed by atoms with Gasteiger partial charge in [0.2, 0.25) is 0 Å². The van der Waals surface area contributed by atoms with E-state index >= 15 is 0 Å². The molecule has 3 aromatic carbocycles. The first kappa shape index (κ1) is 24.4. The van der Waals surface area contributed by atoms with Crippen LogP contribution in [0.5, 0.6) is 0 Å². The zero-order valence-corrected chi connectivity index (χ0v) is 20.5. The van der Waals surface area contributed by atoms with Crippen molar-refractivity contribution in [3.8, 4) is 11.3 Å². The van der Waals surface area contributed by atoms with Gasteiger partial charge >= 0.3 is 6.18 Å². The van der Waals surface area contributed by atoms with Crippen LogP contribution < -0.4 is 4.90 Å². The van der Waals surface area contributed by atoms with Crippen LogP contribution in [0.15, 0.2) is 60.7 Å². The van der Waals surface area contributed by atoms with Crippen molar-refractivity contribution in [1.82, 2.24) is 9.78 Å². The summed E-state index contributed by atoms with van der Waals surface area (Å²) >= 11 is 0. The second-order valence-electron chi connectivity index (χ2n) is 9.80. The van der Waals surface area contributed by atoms with Crippen molar-refractivity contribution >= 4 is 16.6 Å². The van der Waals surface area contributed by atoms with E-state index in [1.54, 1.807) is 10.7 Å². The second-order valence-corrected chi connectivity index (χ2v) is 9.80. The Labute approximate surface area is 209 Å². The number of anilines is 1. The quantitative estimate of drug-likeness (QED) is 0.341. The molecule has 1 aromatic heterocycles. The molecule has 0 saturated carbocycles. The van der Waals surface area contributed by atoms with Crippen molar-refractivity contribution < 1.29 is 18.3 Å². The van der Waals surface area contributed by atoms with Gasteiger partial charge in [-0.15, -0.1) is 0 Å². The van der Waals surface area contributed by atoms with Gasteiger partial charge in [0.05, 0.1) is 17.8 Å². The van der Waals surface area contributed by atoms with Crippen LogP contribution in [0.25, 0.3) is 22.2 Å². The van der Waals surface area contributed by atoms with E-state index in [9.17, 15) is 18.3 Å². The Balaban J connectivity index is 1.57. The van der Waals surface area contributed by atoms with E-state index in [0.717, 1.165) is 59.9 Å². The number of aliphatic hydroxyl groups excluding tert-OH is 1. The molecule has 7 heteroatoms. The number of hydrogen-bond acceptors (Lipinski definition) is 3. The Morgan fingerprint density at radius 2 is 1.69 bits per heavy atom. The van der Waals surface area contributed by atoms with Crippen LogP contribution in [-0.4, -0.2) is 34.6 Å². The molecule has 0 aliphatic carbocycles. The summed E-state index contributed by atoms with van der Waals surface area (Å²) in [6, 6.07) is 18.4. The highest BCUT2D eigenvalue weighted by Gasteiger charge is 2.34. The zero-order chi connectivity index (χ0) is 25.4. The minimum atomic E-state index is -4.49. The number of rotatable bonds is 5. The van der Waals surface area contributed by atoms with E-state index in [4.69, 9.17) is 0 Å². The Hall–Kier alpha value is -3.32. The van der Waals surface area contributed by atoms with Crippen LogP contribution in [0.4, 0.5) is 18.9 Å². The number of benzene rings is 3. The molecule has 0 radical (unpaired) electrons. The third kappa shape index (κ3) is 4.72. The molecule has 0 bridgehead atoms. The van der Waals surface area contributed by atoms with Gasteiger partial charge in [-0.05, 0) is 61.9 Å². The van der Waals surface area contributed by atoms with Crippen molar-refractivity contribution in [2.24, 2.45) is 5.92 Å². The molecular weight excluding hydrogens is 463 g/mol. The Morgan fingerprint density at radius 1 is 0.972 bits per heavy atom. The summed E-state index contributed by atoms with van der Waals surface area (Å²) in [5.74, 6) is 0.356. The fourth-order valence-electron chi connectivity index (χ4n) is 5.19. The highest BCUT2D eigenvalue weighted by Crippen LogP contribution is 2.38. The van der Waals surface area contributed by atoms with E-state index in [0.29, 0.717) is 23.5 Å². The van der Waals surface area contributed by atoms with Crippen molar-refractivity contribution in [2.75, 3.05) is 24.6 Å². The smallest absolute Gasteiger partial charge is 0.396 e. The number of nitrogens with zero attached hydrogens (tertiary/aromatic N) is 3. The van der Waals surface area contributed by atoms with Gasteiger partial charge in [-0.2, -0.15) is 18.3 Å². The predicted octanol–water partition coefficient (Wildman–Crippen LogP) is 6.60. The van der Waals surface area contributed by atoms with Gasteiger partial charge in [-0.1, -0.05) is 48.0 Å². The van der Waals surface area contributed by atoms with Crippen molar-refractivity contribution in [3.05, 3.63) is 82.9 Å². The van der Waals surface area contributed by atoms with Crippen molar-refractivity contribution in [2.45, 2.75) is 39.4 Å². The van der Waals surface area contributed by atoms with Gasteiger partial charge in [-0.3, -0.25) is 4.68 Å². The summed E-state index contributed by atoms with van der Waals surface area (Å²) in [6.07, 6.45) is -2.59. The summed E-state index contributed by atoms with van der Waals surface area (Å²) in [7, 11) is 0. The molecule has 1 aliphatic rings. The lowest BCUT2D eigenvalue weighted by Gasteiger charge is -2.33. The maximum absolute atomic E-state index is 13.8. The first-order valence-corrected chi connectivity index (χ1v) is 12.3. The summed E-state index contributed by atoms with van der Waals surface area (Å²) in [6.45, 7) is 6.41. The maximum atomic E-state index is 13.8. The van der Waals surface area contributed by atoms with E-state index in [1.807, 2.05) is 50.2 Å². The average molecular weight is 494 g/mol. The third-order valence-electron chi connectivity index (χ3n) is 7.27. The number of fused-ring (bicyclic) bond motifs is 1. The average Bonchev–Trinajstić information content (AvgIpc) is 3.23. The molecule has 1 N–H and O–H groups in total. The lowest BCUT2D eigenvalue weighted by Crippen LogP contribution is -2.34. The molecule has 0 amide bonds. The lowest BCUT2D eigenvalue weighted by atomic mass is 9.97. The molecule has 188 valence electrons. The topological polar surface area (TPSA) is 41.3 Å². The molecule has 4 nitrogen and oxygen atoms in total. The second kappa shape index (κ2) is 9.62. The lowest BCUT2D eigenvalue weighted by molar-refractivity contribution is -0.136. The van der Waals surface area contributed by atoms with Crippen molar-refractivity contribution in [1.29, 1.82) is 0 Å². The Kier molecular flexibility index (Phi) is 6.51. The molecule has 0 unspecified atom stereocenters. The van der Waals surface area contributed by atoms with E-state index in [2.05, 4.69) is 16.1 Å². The molecule has 2 heterocycles. The van der Waals surface area contributed by atoms with Crippen molar-refractivity contribution in [3.63, 3.8) is 0 Å². The third-order valence-corrected chi connectivity index (χ3v) is 7.27. The first-order valence-electron chi connectivity index (χ1n) is 12.3. The summed E-state index contributed by atoms with van der Waals surface area (Å²) in [4.78, 5) is 2.29. The largest absolute Gasteiger partial charge is 0.418 e. The molecule has 1 fully saturated rings. The number of hydrogen-bond donors (Lipinski definition) is 1. The van der Waals surface area contributed by atoms with Crippen LogP contribution in [0.3, 0.4) is 0 Å². The number of alkyl halides is 3. The van der Waals surface area contributed by atoms with Crippen LogP contribution in [0.1, 0.15) is 35.1 Å². The summed E-state index contributed by atoms with van der Waals surface area (Å²) < 4.78 is 43.2.